The maximum absolute atomic E-state index is 12.2. The predicted molar refractivity (Wildman–Crippen MR) is 75.7 cm³/mol. The van der Waals surface area contributed by atoms with Crippen LogP contribution in [0.25, 0.3) is 0 Å². The fourth-order valence-electron chi connectivity index (χ4n) is 3.49. The average molecular weight is 324 g/mol. The van der Waals surface area contributed by atoms with Crippen molar-refractivity contribution in [2.45, 2.75) is 38.5 Å². The Morgan fingerprint density at radius 3 is 2.74 bits per heavy atom. The molecular weight excluding hydrogens is 306 g/mol. The third kappa shape index (κ3) is 2.42. The van der Waals surface area contributed by atoms with E-state index in [1.54, 1.807) is 6.20 Å². The summed E-state index contributed by atoms with van der Waals surface area (Å²) in [6, 6.07) is 3.87. The first-order valence-electron chi connectivity index (χ1n) is 6.90. The molecule has 0 saturated heterocycles. The number of esters is 1. The van der Waals surface area contributed by atoms with Gasteiger partial charge in [-0.15, -0.1) is 0 Å². The van der Waals surface area contributed by atoms with Gasteiger partial charge in [-0.3, -0.25) is 9.78 Å². The van der Waals surface area contributed by atoms with Crippen LogP contribution in [0.3, 0.4) is 0 Å². The molecular formula is C15H18BrNO2. The SMILES string of the molecule is CCOC(=O)C(CC12CC(C1)C2)c1ccc(Br)cn1. The molecule has 1 unspecified atom stereocenters. The maximum Gasteiger partial charge on any atom is 0.315 e. The van der Waals surface area contributed by atoms with Crippen LogP contribution < -0.4 is 0 Å². The summed E-state index contributed by atoms with van der Waals surface area (Å²) in [6.07, 6.45) is 6.53. The van der Waals surface area contributed by atoms with Gasteiger partial charge in [-0.2, -0.15) is 0 Å². The van der Waals surface area contributed by atoms with Gasteiger partial charge in [0.2, 0.25) is 0 Å². The molecule has 3 nitrogen and oxygen atoms in total. The molecule has 1 aromatic rings. The van der Waals surface area contributed by atoms with Gasteiger partial charge in [0.05, 0.1) is 18.2 Å². The molecule has 3 aliphatic rings. The number of halogens is 1. The molecule has 0 aromatic carbocycles. The lowest BCUT2D eigenvalue weighted by Crippen LogP contribution is -2.52. The minimum absolute atomic E-state index is 0.123. The molecule has 0 N–H and O–H groups in total. The van der Waals surface area contributed by atoms with Crippen molar-refractivity contribution in [3.63, 3.8) is 0 Å². The molecule has 0 aliphatic heterocycles. The minimum atomic E-state index is -0.200. The monoisotopic (exact) mass is 323 g/mol. The van der Waals surface area contributed by atoms with E-state index in [4.69, 9.17) is 4.74 Å². The minimum Gasteiger partial charge on any atom is -0.465 e. The fraction of sp³-hybridized carbons (Fsp3) is 0.600. The van der Waals surface area contributed by atoms with Gasteiger partial charge in [0, 0.05) is 10.7 Å². The summed E-state index contributed by atoms with van der Waals surface area (Å²) >= 11 is 3.38. The highest BCUT2D eigenvalue weighted by Gasteiger charge is 2.57. The van der Waals surface area contributed by atoms with Crippen LogP contribution in [0.1, 0.15) is 44.2 Å². The van der Waals surface area contributed by atoms with Crippen molar-refractivity contribution in [2.75, 3.05) is 6.61 Å². The number of carbonyl (C=O) groups excluding carboxylic acids is 1. The Balaban J connectivity index is 1.78. The topological polar surface area (TPSA) is 39.2 Å². The molecule has 102 valence electrons. The smallest absolute Gasteiger partial charge is 0.315 e. The van der Waals surface area contributed by atoms with Gasteiger partial charge in [-0.1, -0.05) is 0 Å². The normalized spacial score (nSPS) is 29.1. The molecule has 2 bridgehead atoms. The van der Waals surface area contributed by atoms with E-state index in [2.05, 4.69) is 20.9 Å². The lowest BCUT2D eigenvalue weighted by molar-refractivity contribution is -0.154. The molecule has 0 spiro atoms. The van der Waals surface area contributed by atoms with Crippen LogP contribution in [-0.2, 0) is 9.53 Å². The largest absolute Gasteiger partial charge is 0.465 e. The van der Waals surface area contributed by atoms with Crippen molar-refractivity contribution >= 4 is 21.9 Å². The highest BCUT2D eigenvalue weighted by Crippen LogP contribution is 2.67. The van der Waals surface area contributed by atoms with Crippen molar-refractivity contribution in [3.8, 4) is 0 Å². The summed E-state index contributed by atoms with van der Waals surface area (Å²) in [5, 5.41) is 0. The number of carbonyl (C=O) groups is 1. The zero-order valence-corrected chi connectivity index (χ0v) is 12.6. The van der Waals surface area contributed by atoms with Gasteiger partial charge in [-0.05, 0) is 72.0 Å². The van der Waals surface area contributed by atoms with E-state index in [9.17, 15) is 4.79 Å². The van der Waals surface area contributed by atoms with Crippen molar-refractivity contribution in [3.05, 3.63) is 28.5 Å². The lowest BCUT2D eigenvalue weighted by Gasteiger charge is -2.63. The van der Waals surface area contributed by atoms with Crippen LogP contribution in [-0.4, -0.2) is 17.6 Å². The van der Waals surface area contributed by atoms with E-state index in [0.29, 0.717) is 12.0 Å². The summed E-state index contributed by atoms with van der Waals surface area (Å²) in [6.45, 7) is 2.28. The Morgan fingerprint density at radius 1 is 1.53 bits per heavy atom. The molecule has 1 atom stereocenters. The quantitative estimate of drug-likeness (QED) is 0.776. The zero-order chi connectivity index (χ0) is 13.5. The molecule has 4 heteroatoms. The Labute approximate surface area is 121 Å². The Kier molecular flexibility index (Phi) is 3.37. The number of ether oxygens (including phenoxy) is 1. The standard InChI is InChI=1S/C15H18BrNO2/c1-2-19-14(18)12(8-15-5-10(6-15)7-15)13-4-3-11(16)9-17-13/h3-4,9-10,12H,2,5-8H2,1H3. The Morgan fingerprint density at radius 2 is 2.26 bits per heavy atom. The van der Waals surface area contributed by atoms with Gasteiger partial charge in [0.25, 0.3) is 0 Å². The van der Waals surface area contributed by atoms with E-state index in [1.807, 2.05) is 19.1 Å². The zero-order valence-electron chi connectivity index (χ0n) is 11.1. The summed E-state index contributed by atoms with van der Waals surface area (Å²) in [5.74, 6) is 0.608. The molecule has 0 amide bonds. The Hall–Kier alpha value is -0.900. The second-order valence-electron chi connectivity index (χ2n) is 5.89. The van der Waals surface area contributed by atoms with E-state index >= 15 is 0 Å². The first-order chi connectivity index (χ1) is 9.12. The molecule has 4 rings (SSSR count). The summed E-state index contributed by atoms with van der Waals surface area (Å²) in [4.78, 5) is 16.6. The van der Waals surface area contributed by atoms with E-state index < -0.39 is 0 Å². The number of aromatic nitrogens is 1. The highest BCUT2D eigenvalue weighted by atomic mass is 79.9. The van der Waals surface area contributed by atoms with Crippen LogP contribution in [0, 0.1) is 11.3 Å². The molecule has 1 aromatic heterocycles. The van der Waals surface area contributed by atoms with Crippen molar-refractivity contribution in [1.82, 2.24) is 4.98 Å². The van der Waals surface area contributed by atoms with Crippen LogP contribution in [0.15, 0.2) is 22.8 Å². The second-order valence-corrected chi connectivity index (χ2v) is 6.80. The summed E-state index contributed by atoms with van der Waals surface area (Å²) < 4.78 is 6.16. The van der Waals surface area contributed by atoms with Crippen LogP contribution in [0.4, 0.5) is 0 Å². The van der Waals surface area contributed by atoms with E-state index in [-0.39, 0.29) is 11.9 Å². The number of hydrogen-bond acceptors (Lipinski definition) is 3. The van der Waals surface area contributed by atoms with Gasteiger partial charge < -0.3 is 4.74 Å². The highest BCUT2D eigenvalue weighted by molar-refractivity contribution is 9.10. The van der Waals surface area contributed by atoms with Crippen molar-refractivity contribution in [2.24, 2.45) is 11.3 Å². The first kappa shape index (κ1) is 13.1. The summed E-state index contributed by atoms with van der Waals surface area (Å²) in [7, 11) is 0. The molecule has 1 heterocycles. The van der Waals surface area contributed by atoms with E-state index in [1.165, 1.54) is 19.3 Å². The molecule has 3 saturated carbocycles. The molecule has 0 radical (unpaired) electrons. The molecule has 3 fully saturated rings. The predicted octanol–water partition coefficient (Wildman–Crippen LogP) is 3.68. The molecule has 3 aliphatic carbocycles. The number of hydrogen-bond donors (Lipinski definition) is 0. The average Bonchev–Trinajstić information content (AvgIpc) is 2.28. The third-order valence-corrected chi connectivity index (χ3v) is 4.95. The van der Waals surface area contributed by atoms with E-state index in [0.717, 1.165) is 22.5 Å². The Bertz CT molecular complexity index is 468. The summed E-state index contributed by atoms with van der Waals surface area (Å²) in [5.41, 5.74) is 1.25. The second kappa shape index (κ2) is 4.89. The van der Waals surface area contributed by atoms with Crippen LogP contribution in [0.5, 0.6) is 0 Å². The lowest BCUT2D eigenvalue weighted by atomic mass is 9.42. The van der Waals surface area contributed by atoms with Crippen LogP contribution >= 0.6 is 15.9 Å². The van der Waals surface area contributed by atoms with Gasteiger partial charge in [0.1, 0.15) is 0 Å². The third-order valence-electron chi connectivity index (χ3n) is 4.48. The van der Waals surface area contributed by atoms with Crippen molar-refractivity contribution < 1.29 is 9.53 Å². The number of nitrogens with zero attached hydrogens (tertiary/aromatic N) is 1. The maximum atomic E-state index is 12.2. The van der Waals surface area contributed by atoms with Gasteiger partial charge in [0.15, 0.2) is 0 Å². The fourth-order valence-corrected chi connectivity index (χ4v) is 3.72. The first-order valence-corrected chi connectivity index (χ1v) is 7.69. The van der Waals surface area contributed by atoms with Crippen LogP contribution in [0.2, 0.25) is 0 Å². The molecule has 19 heavy (non-hydrogen) atoms. The van der Waals surface area contributed by atoms with Gasteiger partial charge >= 0.3 is 5.97 Å². The number of pyridine rings is 1. The number of rotatable bonds is 5. The van der Waals surface area contributed by atoms with Crippen molar-refractivity contribution in [1.29, 1.82) is 0 Å². The van der Waals surface area contributed by atoms with Gasteiger partial charge in [-0.25, -0.2) is 0 Å².